The summed E-state index contributed by atoms with van der Waals surface area (Å²) in [7, 11) is 0. The lowest BCUT2D eigenvalue weighted by molar-refractivity contribution is -0.216. The number of hydrogen-bond acceptors (Lipinski definition) is 13. The Morgan fingerprint density at radius 3 is 2.42 bits per heavy atom. The Bertz CT molecular complexity index is 2890. The highest BCUT2D eigenvalue weighted by molar-refractivity contribution is 5.98. The first-order valence-corrected chi connectivity index (χ1v) is 28.7. The number of carbonyl (C=O) groups is 2. The van der Waals surface area contributed by atoms with E-state index in [0.29, 0.717) is 84.9 Å². The molecule has 8 rings (SSSR count). The molecule has 3 saturated carbocycles. The zero-order valence-corrected chi connectivity index (χ0v) is 47.1. The fourth-order valence-corrected chi connectivity index (χ4v) is 14.7. The summed E-state index contributed by atoms with van der Waals surface area (Å²) in [6, 6.07) is 19.0. The van der Waals surface area contributed by atoms with Crippen molar-refractivity contribution in [3.63, 3.8) is 0 Å². The van der Waals surface area contributed by atoms with E-state index in [9.17, 15) is 40.5 Å². The smallest absolute Gasteiger partial charge is 0.243 e. The number of phenolic OH excluding ortho intramolecular Hbond substituents is 1. The van der Waals surface area contributed by atoms with Gasteiger partial charge in [0.25, 0.3) is 0 Å². The molecule has 2 aliphatic heterocycles. The molecular formula is C64H87N7O9. The maximum atomic E-state index is 15.2. The predicted octanol–water partition coefficient (Wildman–Crippen LogP) is 5.51. The molecule has 432 valence electrons. The van der Waals surface area contributed by atoms with E-state index in [2.05, 4.69) is 27.5 Å². The number of benzene rings is 3. The molecule has 5 aliphatic rings. The van der Waals surface area contributed by atoms with Crippen LogP contribution in [-0.2, 0) is 28.9 Å². The average molecular weight is 1100 g/mol. The first-order chi connectivity index (χ1) is 38.1. The molecule has 3 aromatic rings. The fraction of sp³-hybridized carbons (Fsp3) is 0.516. The molecule has 1 spiro atoms. The van der Waals surface area contributed by atoms with Gasteiger partial charge in [0.1, 0.15) is 23.7 Å². The number of allylic oxidation sites excluding steroid dienone is 5. The van der Waals surface area contributed by atoms with Crippen molar-refractivity contribution in [3.05, 3.63) is 159 Å². The summed E-state index contributed by atoms with van der Waals surface area (Å²) in [4.78, 5) is 33.8. The van der Waals surface area contributed by atoms with E-state index in [-0.39, 0.29) is 62.4 Å². The van der Waals surface area contributed by atoms with E-state index < -0.39 is 76.8 Å². The average Bonchev–Trinajstić information content (AvgIpc) is 3.56. The van der Waals surface area contributed by atoms with Gasteiger partial charge in [0.15, 0.2) is 11.7 Å². The van der Waals surface area contributed by atoms with Gasteiger partial charge in [-0.3, -0.25) is 25.2 Å². The number of likely N-dealkylation sites (N-methyl/N-ethyl adjacent to an activating group) is 1. The number of nitrogens with two attached hydrogens (primary N) is 3. The number of guanidine groups is 1. The summed E-state index contributed by atoms with van der Waals surface area (Å²) >= 11 is 0. The summed E-state index contributed by atoms with van der Waals surface area (Å²) in [5.74, 6) is -3.00. The van der Waals surface area contributed by atoms with Crippen molar-refractivity contribution in [2.75, 3.05) is 26.2 Å². The third kappa shape index (κ3) is 12.5. The number of aromatic hydroxyl groups is 1. The number of nitrogens with one attached hydrogen (secondary N) is 3. The molecule has 3 fully saturated rings. The fourth-order valence-electron chi connectivity index (χ4n) is 14.7. The minimum Gasteiger partial charge on any atom is -0.508 e. The van der Waals surface area contributed by atoms with Crippen LogP contribution < -0.4 is 33.2 Å². The number of aliphatic hydroxyl groups is 6. The highest BCUT2D eigenvalue weighted by atomic mass is 16.3. The van der Waals surface area contributed by atoms with E-state index in [1.165, 1.54) is 0 Å². The number of aliphatic imine (C=N–C) groups is 1. The minimum atomic E-state index is -1.40. The highest BCUT2D eigenvalue weighted by Gasteiger charge is 2.70. The third-order valence-corrected chi connectivity index (χ3v) is 18.6. The van der Waals surface area contributed by atoms with Crippen LogP contribution in [0.5, 0.6) is 5.75 Å². The quantitative estimate of drug-likeness (QED) is 0.0331. The second-order valence-corrected chi connectivity index (χ2v) is 23.7. The number of β-amino-alcohol motifs (C(OH)–C–C–N with tert-alkyl or cyclic N) is 1. The topological polar surface area (TPSA) is 302 Å². The number of aliphatic hydroxyl groups excluding tert-OH is 4. The summed E-state index contributed by atoms with van der Waals surface area (Å²) in [6.45, 7) is 12.0. The number of phenols is 1. The lowest BCUT2D eigenvalue weighted by atomic mass is 9.45. The number of fused-ring (bicyclic) bond motifs is 3. The first kappa shape index (κ1) is 60.3. The zero-order valence-electron chi connectivity index (χ0n) is 47.1. The summed E-state index contributed by atoms with van der Waals surface area (Å²) in [5, 5.41) is 93.6. The Balaban J connectivity index is 1.22. The van der Waals surface area contributed by atoms with E-state index in [1.807, 2.05) is 76.2 Å². The molecule has 3 aromatic carbocycles. The van der Waals surface area contributed by atoms with E-state index >= 15 is 4.79 Å². The zero-order chi connectivity index (χ0) is 57.7. The van der Waals surface area contributed by atoms with Crippen LogP contribution in [0.1, 0.15) is 137 Å². The van der Waals surface area contributed by atoms with Gasteiger partial charge < -0.3 is 58.3 Å². The molecule has 16 N–H and O–H groups in total. The molecule has 0 saturated heterocycles. The van der Waals surface area contributed by atoms with Crippen molar-refractivity contribution in [1.29, 1.82) is 0 Å². The van der Waals surface area contributed by atoms with Crippen LogP contribution in [0.4, 0.5) is 0 Å². The Kier molecular flexibility index (Phi) is 19.3. The van der Waals surface area contributed by atoms with Crippen LogP contribution in [0.2, 0.25) is 0 Å². The summed E-state index contributed by atoms with van der Waals surface area (Å²) < 4.78 is 0. The van der Waals surface area contributed by atoms with Crippen molar-refractivity contribution < 1.29 is 45.3 Å². The third-order valence-electron chi connectivity index (χ3n) is 18.6. The summed E-state index contributed by atoms with van der Waals surface area (Å²) in [6.07, 6.45) is 7.80. The molecule has 16 heteroatoms. The van der Waals surface area contributed by atoms with Gasteiger partial charge in [-0.2, -0.15) is 0 Å². The maximum absolute atomic E-state index is 15.2. The van der Waals surface area contributed by atoms with Crippen molar-refractivity contribution in [1.82, 2.24) is 16.0 Å². The van der Waals surface area contributed by atoms with Crippen LogP contribution in [0.3, 0.4) is 0 Å². The van der Waals surface area contributed by atoms with Gasteiger partial charge in [-0.1, -0.05) is 110 Å². The molecular weight excluding hydrogens is 1010 g/mol. The summed E-state index contributed by atoms with van der Waals surface area (Å²) in [5.41, 5.74) is 22.2. The normalized spacial score (nSPS) is 30.6. The molecule has 2 bridgehead atoms. The van der Waals surface area contributed by atoms with Crippen LogP contribution in [0.25, 0.3) is 0 Å². The van der Waals surface area contributed by atoms with E-state index in [4.69, 9.17) is 17.2 Å². The molecule has 13 atom stereocenters. The van der Waals surface area contributed by atoms with Crippen molar-refractivity contribution in [2.24, 2.45) is 51.3 Å². The van der Waals surface area contributed by atoms with E-state index in [1.54, 1.807) is 42.5 Å². The molecule has 3 aliphatic carbocycles. The molecule has 1 amide bonds. The number of rotatable bonds is 13. The van der Waals surface area contributed by atoms with Crippen LogP contribution in [0.15, 0.2) is 130 Å². The molecule has 0 aromatic heterocycles. The second kappa shape index (κ2) is 25.6. The van der Waals surface area contributed by atoms with Crippen LogP contribution in [0, 0.1) is 29.1 Å². The van der Waals surface area contributed by atoms with Gasteiger partial charge in [-0.15, -0.1) is 0 Å². The van der Waals surface area contributed by atoms with Gasteiger partial charge >= 0.3 is 0 Å². The first-order valence-electron chi connectivity index (χ1n) is 28.7. The number of Topliss-reactive ketones (excluding diaryl/α,β-unsaturated/α-hetero) is 1. The molecule has 16 nitrogen and oxygen atoms in total. The Morgan fingerprint density at radius 1 is 1.00 bits per heavy atom. The van der Waals surface area contributed by atoms with Gasteiger partial charge in [0, 0.05) is 43.2 Å². The Hall–Kier alpha value is -5.79. The molecule has 0 radical (unpaired) electrons. The molecule has 2 heterocycles. The monoisotopic (exact) mass is 1100 g/mol. The van der Waals surface area contributed by atoms with Crippen molar-refractivity contribution in [2.45, 2.75) is 153 Å². The second-order valence-electron chi connectivity index (χ2n) is 23.7. The lowest BCUT2D eigenvalue weighted by Gasteiger charge is -2.61. The Morgan fingerprint density at radius 2 is 1.73 bits per heavy atom. The molecule has 13 unspecified atom stereocenters. The Labute approximate surface area is 471 Å². The van der Waals surface area contributed by atoms with Gasteiger partial charge in [-0.05, 0) is 165 Å². The number of hydrogen-bond donors (Lipinski definition) is 13. The van der Waals surface area contributed by atoms with Crippen molar-refractivity contribution >= 4 is 17.6 Å². The standard InChI is InChI=1S/C64H87N7O9/c1-6-70-63(80,28-24-37(2)3)38(4)11-7-15-44(36-72)50-33-45-16-10-26-62(79)27-25-48-39(5)54(75)32-43-14-9-17-49-56(43)57(60(78)71-59(49)65)68-35-55(76)51(52(34-69-61(66)67)42-18-20-46(73)21-19-42)31-41-13-8-12-40(29-41)30-47(74)22-23-53(48)64(45,62)58(50)77/h7-9,11-15,17-21,24,29,45,47,50-53,55,57-59,68,70,72-74,76-77,79-80H,4,6,10,16,22-23,25-28,30-36,65H2,1-3,5H3,(H,71,78)(H4,66,67,69). The predicted molar refractivity (Wildman–Crippen MR) is 311 cm³/mol. The van der Waals surface area contributed by atoms with Crippen LogP contribution in [-0.4, -0.2) is 109 Å². The minimum absolute atomic E-state index is 0.0655. The van der Waals surface area contributed by atoms with Crippen molar-refractivity contribution in [3.8, 4) is 5.75 Å². The van der Waals surface area contributed by atoms with Crippen LogP contribution >= 0.6 is 0 Å². The van der Waals surface area contributed by atoms with Gasteiger partial charge in [-0.25, -0.2) is 0 Å². The largest absolute Gasteiger partial charge is 0.508 e. The maximum Gasteiger partial charge on any atom is 0.243 e. The number of carbonyl (C=O) groups excluding carboxylic acids is 2. The highest BCUT2D eigenvalue weighted by Crippen LogP contribution is 2.69. The van der Waals surface area contributed by atoms with Gasteiger partial charge in [0.05, 0.1) is 30.5 Å². The number of amides is 1. The molecule has 80 heavy (non-hydrogen) atoms. The van der Waals surface area contributed by atoms with E-state index in [0.717, 1.165) is 40.7 Å². The number of nitrogens with zero attached hydrogens (tertiary/aromatic N) is 1. The SMILES string of the molecule is C=C(C=CC=C(CO)C1CC2CCCC3(O)CCC4=C(C)C(=O)Cc5cccc6c5C(NCC(O)C(C(CN=C(N)N)c5ccc(O)cc5)Cc5cccc(c5)CC(O)CCC4C23C1O)C(=O)NC6N)C(O)(CC=C(C)C)NCC. The lowest BCUT2D eigenvalue weighted by Crippen LogP contribution is -2.65. The van der Waals surface area contributed by atoms with Gasteiger partial charge in [0.2, 0.25) is 5.91 Å². The number of ketones is 1.